The number of benzene rings is 5. The summed E-state index contributed by atoms with van der Waals surface area (Å²) in [4.78, 5) is 26.1. The van der Waals surface area contributed by atoms with Crippen molar-refractivity contribution in [2.24, 2.45) is 0 Å². The van der Waals surface area contributed by atoms with E-state index in [1.54, 1.807) is 30.3 Å². The molecule has 0 aliphatic heterocycles. The van der Waals surface area contributed by atoms with E-state index in [-0.39, 0.29) is 42.7 Å². The molecule has 0 spiro atoms. The molecule has 0 aromatic heterocycles. The first-order valence-corrected chi connectivity index (χ1v) is 17.1. The summed E-state index contributed by atoms with van der Waals surface area (Å²) in [7, 11) is -4.10. The zero-order chi connectivity index (χ0) is 33.5. The lowest BCUT2D eigenvalue weighted by Crippen LogP contribution is -2.31. The average molecular weight is 662 g/mol. The fourth-order valence-corrected chi connectivity index (χ4v) is 6.78. The Balaban J connectivity index is 1.15. The number of hydrogen-bond acceptors (Lipinski definition) is 7. The van der Waals surface area contributed by atoms with Crippen LogP contribution in [0.25, 0.3) is 11.1 Å². The van der Waals surface area contributed by atoms with E-state index in [0.717, 1.165) is 33.4 Å². The number of rotatable bonds is 12. The molecule has 5 aromatic rings. The van der Waals surface area contributed by atoms with Crippen molar-refractivity contribution >= 4 is 22.2 Å². The second-order valence-corrected chi connectivity index (χ2v) is 13.2. The Morgan fingerprint density at radius 2 is 1.40 bits per heavy atom. The number of fused-ring (bicyclic) bond motifs is 3. The smallest absolute Gasteiger partial charge is 0.407 e. The minimum atomic E-state index is -4.10. The van der Waals surface area contributed by atoms with Gasteiger partial charge in [-0.3, -0.25) is 4.79 Å². The monoisotopic (exact) mass is 661 g/mol. The molecule has 1 atom stereocenters. The van der Waals surface area contributed by atoms with Gasteiger partial charge in [0.25, 0.3) is 0 Å². The number of hydrogen-bond donors (Lipinski definition) is 1. The molecule has 5 aromatic carbocycles. The minimum absolute atomic E-state index is 0.0245. The average Bonchev–Trinajstić information content (AvgIpc) is 3.42. The lowest BCUT2D eigenvalue weighted by Gasteiger charge is -2.19. The van der Waals surface area contributed by atoms with Crippen molar-refractivity contribution in [1.82, 2.24) is 5.32 Å². The van der Waals surface area contributed by atoms with Gasteiger partial charge in [0.1, 0.15) is 23.9 Å². The van der Waals surface area contributed by atoms with E-state index in [1.165, 1.54) is 18.2 Å². The first-order valence-electron chi connectivity index (χ1n) is 15.7. The van der Waals surface area contributed by atoms with Crippen LogP contribution in [0.1, 0.15) is 46.1 Å². The molecule has 1 aliphatic rings. The molecule has 0 fully saturated rings. The van der Waals surface area contributed by atoms with Gasteiger partial charge in [0, 0.05) is 18.4 Å². The maximum atomic E-state index is 13.0. The highest BCUT2D eigenvalue weighted by Gasteiger charge is 2.29. The molecule has 48 heavy (non-hydrogen) atoms. The number of ether oxygens (including phenoxy) is 2. The fourth-order valence-electron chi connectivity index (χ4n) is 5.86. The van der Waals surface area contributed by atoms with Crippen LogP contribution in [0, 0.1) is 6.92 Å². The number of nitrogens with one attached hydrogen (secondary N) is 1. The van der Waals surface area contributed by atoms with Crippen LogP contribution in [-0.4, -0.2) is 33.6 Å². The number of alkyl carbamates (subject to hydrolysis) is 1. The molecule has 6 rings (SSSR count). The number of amides is 1. The summed E-state index contributed by atoms with van der Waals surface area (Å²) >= 11 is 0. The molecule has 1 aliphatic carbocycles. The predicted molar refractivity (Wildman–Crippen MR) is 182 cm³/mol. The van der Waals surface area contributed by atoms with Crippen molar-refractivity contribution in [3.05, 3.63) is 155 Å². The Labute approximate surface area is 280 Å². The van der Waals surface area contributed by atoms with Gasteiger partial charge >= 0.3 is 22.2 Å². The molecule has 0 bridgehead atoms. The molecule has 0 radical (unpaired) electrons. The molecule has 8 nitrogen and oxygen atoms in total. The minimum Gasteiger partial charge on any atom is -0.461 e. The molecule has 0 saturated heterocycles. The van der Waals surface area contributed by atoms with Gasteiger partial charge in [-0.05, 0) is 64.6 Å². The predicted octanol–water partition coefficient (Wildman–Crippen LogP) is 7.52. The largest absolute Gasteiger partial charge is 0.461 e. The highest BCUT2D eigenvalue weighted by Crippen LogP contribution is 2.44. The van der Waals surface area contributed by atoms with Gasteiger partial charge in [-0.25, -0.2) is 4.79 Å². The van der Waals surface area contributed by atoms with Crippen LogP contribution in [0.5, 0.6) is 5.75 Å². The summed E-state index contributed by atoms with van der Waals surface area (Å²) in [6.45, 7) is 2.14. The Morgan fingerprint density at radius 3 is 2.08 bits per heavy atom. The van der Waals surface area contributed by atoms with Crippen molar-refractivity contribution in [2.75, 3.05) is 13.2 Å². The number of esters is 1. The lowest BCUT2D eigenvalue weighted by atomic mass is 9.95. The number of carbonyl (C=O) groups excluding carboxylic acids is 2. The highest BCUT2D eigenvalue weighted by atomic mass is 32.2. The van der Waals surface area contributed by atoms with Crippen LogP contribution in [0.15, 0.2) is 132 Å². The molecule has 0 heterocycles. The first kappa shape index (κ1) is 32.5. The summed E-state index contributed by atoms with van der Waals surface area (Å²) < 4.78 is 42.6. The van der Waals surface area contributed by atoms with E-state index in [1.807, 2.05) is 73.7 Å². The Bertz CT molecular complexity index is 1960. The van der Waals surface area contributed by atoms with Gasteiger partial charge in [-0.2, -0.15) is 8.42 Å². The molecule has 1 N–H and O–H groups in total. The number of aryl methyl sites for hydroxylation is 1. The topological polar surface area (TPSA) is 108 Å². The maximum Gasteiger partial charge on any atom is 0.407 e. The van der Waals surface area contributed by atoms with Crippen molar-refractivity contribution in [3.8, 4) is 16.9 Å². The van der Waals surface area contributed by atoms with E-state index in [4.69, 9.17) is 13.7 Å². The molecule has 9 heteroatoms. The molecule has 1 amide bonds. The molecule has 1 unspecified atom stereocenters. The lowest BCUT2D eigenvalue weighted by molar-refractivity contribution is -0.145. The third-order valence-electron chi connectivity index (χ3n) is 8.34. The van der Waals surface area contributed by atoms with E-state index in [0.29, 0.717) is 5.56 Å². The van der Waals surface area contributed by atoms with Crippen molar-refractivity contribution in [3.63, 3.8) is 0 Å². The van der Waals surface area contributed by atoms with E-state index in [2.05, 4.69) is 17.4 Å². The fraction of sp³-hybridized carbons (Fsp3) is 0.179. The third kappa shape index (κ3) is 7.75. The second kappa shape index (κ2) is 14.6. The third-order valence-corrected chi connectivity index (χ3v) is 9.60. The second-order valence-electron chi connectivity index (χ2n) is 11.7. The molecular weight excluding hydrogens is 626 g/mol. The summed E-state index contributed by atoms with van der Waals surface area (Å²) in [6.07, 6.45) is -0.709. The summed E-state index contributed by atoms with van der Waals surface area (Å²) in [6, 6.07) is 38.3. The molecular formula is C39H35NO7S. The molecule has 0 saturated carbocycles. The van der Waals surface area contributed by atoms with Gasteiger partial charge in [0.15, 0.2) is 0 Å². The highest BCUT2D eigenvalue weighted by molar-refractivity contribution is 7.87. The zero-order valence-corrected chi connectivity index (χ0v) is 27.2. The van der Waals surface area contributed by atoms with Gasteiger partial charge in [0.2, 0.25) is 0 Å². The van der Waals surface area contributed by atoms with Crippen LogP contribution in [0.4, 0.5) is 4.79 Å². The van der Waals surface area contributed by atoms with Crippen molar-refractivity contribution in [2.45, 2.75) is 36.7 Å². The van der Waals surface area contributed by atoms with Crippen LogP contribution >= 0.6 is 0 Å². The van der Waals surface area contributed by atoms with Crippen LogP contribution in [0.3, 0.4) is 0 Å². The standard InChI is InChI=1S/C39H35NO7S/c1-27-18-20-32(21-19-27)48(43,44)47-31-13-9-12-29(22-31)30(23-38(41)45-25-28-10-3-2-4-11-28)24-40-39(42)46-26-37-35-16-7-5-14-33(35)34-15-6-8-17-36(34)37/h2-22,30,37H,23-26H2,1H3,(H,40,42). The Hall–Kier alpha value is -5.41. The van der Waals surface area contributed by atoms with E-state index >= 15 is 0 Å². The number of carbonyl (C=O) groups is 2. The van der Waals surface area contributed by atoms with Gasteiger partial charge in [-0.1, -0.05) is 109 Å². The summed E-state index contributed by atoms with van der Waals surface area (Å²) in [5.74, 6) is -1.07. The van der Waals surface area contributed by atoms with E-state index < -0.39 is 28.1 Å². The Morgan fingerprint density at radius 1 is 0.750 bits per heavy atom. The zero-order valence-electron chi connectivity index (χ0n) is 26.4. The Kier molecular flexibility index (Phi) is 9.87. The van der Waals surface area contributed by atoms with Crippen LogP contribution < -0.4 is 9.50 Å². The molecule has 244 valence electrons. The quantitative estimate of drug-likeness (QED) is 0.109. The summed E-state index contributed by atoms with van der Waals surface area (Å²) in [5.41, 5.74) is 6.80. The van der Waals surface area contributed by atoms with Crippen LogP contribution in [-0.2, 0) is 31.0 Å². The van der Waals surface area contributed by atoms with Gasteiger partial charge < -0.3 is 19.0 Å². The van der Waals surface area contributed by atoms with Crippen molar-refractivity contribution in [1.29, 1.82) is 0 Å². The SMILES string of the molecule is Cc1ccc(S(=O)(=O)Oc2cccc(C(CNC(=O)OCC3c4ccccc4-c4ccccc43)CC(=O)OCc3ccccc3)c2)cc1. The van der Waals surface area contributed by atoms with Gasteiger partial charge in [0.05, 0.1) is 6.42 Å². The van der Waals surface area contributed by atoms with Crippen LogP contribution in [0.2, 0.25) is 0 Å². The van der Waals surface area contributed by atoms with Crippen molar-refractivity contribution < 1.29 is 31.7 Å². The first-order chi connectivity index (χ1) is 23.3. The maximum absolute atomic E-state index is 13.0. The summed E-state index contributed by atoms with van der Waals surface area (Å²) in [5, 5.41) is 2.80. The van der Waals surface area contributed by atoms with Gasteiger partial charge in [-0.15, -0.1) is 0 Å². The normalized spacial score (nSPS) is 12.8. The van der Waals surface area contributed by atoms with E-state index in [9.17, 15) is 18.0 Å².